The topological polar surface area (TPSA) is 99.4 Å². The molecule has 0 fully saturated rings. The minimum absolute atomic E-state index is 0.0532. The summed E-state index contributed by atoms with van der Waals surface area (Å²) in [4.78, 5) is -0.420. The van der Waals surface area contributed by atoms with Gasteiger partial charge in [-0.1, -0.05) is 36.4 Å². The molecule has 0 spiro atoms. The van der Waals surface area contributed by atoms with Crippen molar-refractivity contribution in [2.75, 3.05) is 6.61 Å². The molecule has 2 aromatic rings. The highest BCUT2D eigenvalue weighted by Gasteiger charge is 2.17. The minimum atomic E-state index is -3.96. The van der Waals surface area contributed by atoms with E-state index in [9.17, 15) is 18.8 Å². The third-order valence-electron chi connectivity index (χ3n) is 3.29. The number of sulfonamides is 1. The highest BCUT2D eigenvalue weighted by Crippen LogP contribution is 2.28. The first-order valence-electron chi connectivity index (χ1n) is 7.57. The number of allylic oxidation sites excluding steroid dienone is 1. The number of benzene rings is 2. The average Bonchev–Trinajstić information content (AvgIpc) is 2.61. The molecule has 0 aliphatic heterocycles. The van der Waals surface area contributed by atoms with Gasteiger partial charge in [0, 0.05) is 6.54 Å². The fraction of sp³-hybridized carbons (Fsp3) is 0.167. The van der Waals surface area contributed by atoms with Gasteiger partial charge in [0.15, 0.2) is 16.4 Å². The van der Waals surface area contributed by atoms with Crippen LogP contribution in [0.15, 0.2) is 53.4 Å². The number of nitriles is 1. The molecule has 0 heterocycles. The molecule has 0 atom stereocenters. The Morgan fingerprint density at radius 1 is 1.28 bits per heavy atom. The molecule has 7 heteroatoms. The Morgan fingerprint density at radius 2 is 2.00 bits per heavy atom. The molecule has 0 unspecified atom stereocenters. The number of hydrogen-bond donors (Lipinski definition) is 2. The second-order valence-electron chi connectivity index (χ2n) is 5.09. The summed E-state index contributed by atoms with van der Waals surface area (Å²) in [6.45, 7) is 2.20. The summed E-state index contributed by atoms with van der Waals surface area (Å²) in [5.41, 5.74) is 1.22. The van der Waals surface area contributed by atoms with E-state index in [0.29, 0.717) is 12.2 Å². The minimum Gasteiger partial charge on any atom is -0.504 e. The van der Waals surface area contributed by atoms with Crippen LogP contribution in [-0.2, 0) is 16.6 Å². The first kappa shape index (κ1) is 18.5. The molecule has 0 aliphatic carbocycles. The molecule has 2 aromatic carbocycles. The lowest BCUT2D eigenvalue weighted by Crippen LogP contribution is -2.24. The van der Waals surface area contributed by atoms with Gasteiger partial charge < -0.3 is 9.84 Å². The Hall–Kier alpha value is -2.82. The second kappa shape index (κ2) is 8.33. The van der Waals surface area contributed by atoms with Crippen LogP contribution >= 0.6 is 0 Å². The van der Waals surface area contributed by atoms with Crippen LogP contribution in [0.3, 0.4) is 0 Å². The zero-order chi connectivity index (χ0) is 18.3. The molecular weight excluding hydrogens is 340 g/mol. The number of rotatable bonds is 7. The predicted molar refractivity (Wildman–Crippen MR) is 95.1 cm³/mol. The monoisotopic (exact) mass is 358 g/mol. The number of hydrogen-bond acceptors (Lipinski definition) is 5. The van der Waals surface area contributed by atoms with E-state index in [0.717, 1.165) is 5.56 Å². The molecule has 0 saturated heterocycles. The lowest BCUT2D eigenvalue weighted by atomic mass is 10.2. The molecule has 0 radical (unpaired) electrons. The van der Waals surface area contributed by atoms with E-state index in [2.05, 4.69) is 4.72 Å². The molecule has 6 nitrogen and oxygen atoms in total. The van der Waals surface area contributed by atoms with Crippen molar-refractivity contribution >= 4 is 16.1 Å². The third kappa shape index (κ3) is 5.08. The van der Waals surface area contributed by atoms with E-state index < -0.39 is 14.9 Å². The summed E-state index contributed by atoms with van der Waals surface area (Å²) < 4.78 is 32.3. The second-order valence-corrected chi connectivity index (χ2v) is 6.83. The molecule has 0 bridgehead atoms. The number of phenolic OH excluding ortho intramolecular Hbond substituents is 1. The summed E-state index contributed by atoms with van der Waals surface area (Å²) in [6, 6.07) is 15.1. The molecule has 0 saturated carbocycles. The van der Waals surface area contributed by atoms with Gasteiger partial charge in [0.1, 0.15) is 6.07 Å². The number of phenols is 1. The van der Waals surface area contributed by atoms with Crippen LogP contribution in [0.25, 0.3) is 6.08 Å². The molecule has 0 amide bonds. The summed E-state index contributed by atoms with van der Waals surface area (Å²) in [5, 5.41) is 18.9. The Labute approximate surface area is 147 Å². The van der Waals surface area contributed by atoms with Crippen molar-refractivity contribution in [3.05, 3.63) is 64.6 Å². The molecule has 0 aromatic heterocycles. The lowest BCUT2D eigenvalue weighted by Gasteiger charge is -2.08. The number of nitrogens with zero attached hydrogens (tertiary/aromatic N) is 1. The van der Waals surface area contributed by atoms with Gasteiger partial charge in [-0.3, -0.25) is 0 Å². The van der Waals surface area contributed by atoms with E-state index in [1.54, 1.807) is 37.3 Å². The first-order chi connectivity index (χ1) is 12.0. The first-order valence-corrected chi connectivity index (χ1v) is 9.06. The average molecular weight is 358 g/mol. The smallest absolute Gasteiger partial charge is 0.251 e. The maximum atomic E-state index is 12.3. The van der Waals surface area contributed by atoms with Gasteiger partial charge in [-0.05, 0) is 36.3 Å². The van der Waals surface area contributed by atoms with Gasteiger partial charge in [-0.2, -0.15) is 5.26 Å². The van der Waals surface area contributed by atoms with Crippen LogP contribution in [-0.4, -0.2) is 20.1 Å². The van der Waals surface area contributed by atoms with Gasteiger partial charge >= 0.3 is 0 Å². The van der Waals surface area contributed by atoms with Crippen molar-refractivity contribution in [3.8, 4) is 17.6 Å². The standard InChI is InChI=1S/C18H18N2O4S/c1-2-24-18-11-15(8-9-17(18)21)10-16(12-19)25(22,23)20-13-14-6-4-3-5-7-14/h3-11,20-21H,2,13H2,1H3. The Bertz CT molecular complexity index is 900. The van der Waals surface area contributed by atoms with E-state index in [-0.39, 0.29) is 18.0 Å². The van der Waals surface area contributed by atoms with Crippen molar-refractivity contribution in [2.45, 2.75) is 13.5 Å². The van der Waals surface area contributed by atoms with E-state index in [1.165, 1.54) is 24.3 Å². The van der Waals surface area contributed by atoms with Crippen molar-refractivity contribution < 1.29 is 18.3 Å². The van der Waals surface area contributed by atoms with E-state index in [4.69, 9.17) is 4.74 Å². The quantitative estimate of drug-likeness (QED) is 0.742. The van der Waals surface area contributed by atoms with Crippen LogP contribution in [0.4, 0.5) is 0 Å². The van der Waals surface area contributed by atoms with Crippen molar-refractivity contribution in [2.24, 2.45) is 0 Å². The van der Waals surface area contributed by atoms with Crippen LogP contribution < -0.4 is 9.46 Å². The third-order valence-corrected chi connectivity index (χ3v) is 4.60. The molecule has 2 rings (SSSR count). The molecule has 2 N–H and O–H groups in total. The number of aromatic hydroxyl groups is 1. The highest BCUT2D eigenvalue weighted by atomic mass is 32.2. The van der Waals surface area contributed by atoms with E-state index in [1.807, 2.05) is 6.07 Å². The van der Waals surface area contributed by atoms with Crippen molar-refractivity contribution in [1.82, 2.24) is 4.72 Å². The summed E-state index contributed by atoms with van der Waals surface area (Å²) in [5.74, 6) is 0.172. The normalized spacial score (nSPS) is 11.8. The molecule has 25 heavy (non-hydrogen) atoms. The Kier molecular flexibility index (Phi) is 6.17. The largest absolute Gasteiger partial charge is 0.504 e. The fourth-order valence-electron chi connectivity index (χ4n) is 2.06. The predicted octanol–water partition coefficient (Wildman–Crippen LogP) is 2.77. The zero-order valence-electron chi connectivity index (χ0n) is 13.6. The Morgan fingerprint density at radius 3 is 2.64 bits per heavy atom. The molecule has 0 aliphatic rings. The van der Waals surface area contributed by atoms with Gasteiger partial charge in [0.05, 0.1) is 6.61 Å². The maximum Gasteiger partial charge on any atom is 0.251 e. The maximum absolute atomic E-state index is 12.3. The van der Waals surface area contributed by atoms with Crippen LogP contribution in [0.1, 0.15) is 18.1 Å². The van der Waals surface area contributed by atoms with Gasteiger partial charge in [0.2, 0.25) is 0 Å². The van der Waals surface area contributed by atoms with Crippen LogP contribution in [0.2, 0.25) is 0 Å². The van der Waals surface area contributed by atoms with Crippen LogP contribution in [0, 0.1) is 11.3 Å². The molecular formula is C18H18N2O4S. The van der Waals surface area contributed by atoms with Gasteiger partial charge in [-0.25, -0.2) is 13.1 Å². The van der Waals surface area contributed by atoms with Crippen LogP contribution in [0.5, 0.6) is 11.5 Å². The fourth-order valence-corrected chi connectivity index (χ4v) is 2.99. The summed E-state index contributed by atoms with van der Waals surface area (Å²) >= 11 is 0. The van der Waals surface area contributed by atoms with Gasteiger partial charge in [-0.15, -0.1) is 0 Å². The highest BCUT2D eigenvalue weighted by molar-refractivity contribution is 7.93. The zero-order valence-corrected chi connectivity index (χ0v) is 14.5. The molecule has 130 valence electrons. The SMILES string of the molecule is CCOc1cc(C=C(C#N)S(=O)(=O)NCc2ccccc2)ccc1O. The number of ether oxygens (including phenoxy) is 1. The van der Waals surface area contributed by atoms with Gasteiger partial charge in [0.25, 0.3) is 10.0 Å². The summed E-state index contributed by atoms with van der Waals surface area (Å²) in [7, 11) is -3.96. The Balaban J connectivity index is 2.24. The van der Waals surface area contributed by atoms with E-state index >= 15 is 0 Å². The summed E-state index contributed by atoms with van der Waals surface area (Å²) in [6.07, 6.45) is 1.23. The lowest BCUT2D eigenvalue weighted by molar-refractivity contribution is 0.318. The number of nitrogens with one attached hydrogen (secondary N) is 1. The van der Waals surface area contributed by atoms with Crippen molar-refractivity contribution in [3.63, 3.8) is 0 Å². The van der Waals surface area contributed by atoms with Crippen molar-refractivity contribution in [1.29, 1.82) is 5.26 Å².